The Kier molecular flexibility index (Phi) is 2.66. The van der Waals surface area contributed by atoms with Crippen LogP contribution in [0, 0.1) is 5.95 Å². The first-order chi connectivity index (χ1) is 6.22. The van der Waals surface area contributed by atoms with Crippen molar-refractivity contribution in [2.24, 2.45) is 0 Å². The molecule has 0 aromatic carbocycles. The summed E-state index contributed by atoms with van der Waals surface area (Å²) in [6.45, 7) is 0. The topological polar surface area (TPSA) is 17.8 Å². The molecule has 0 saturated carbocycles. The Morgan fingerprint density at radius 2 is 2.38 bits per heavy atom. The summed E-state index contributed by atoms with van der Waals surface area (Å²) in [5, 5.41) is 0.902. The molecule has 0 bridgehead atoms. The first-order valence-electron chi connectivity index (χ1n) is 3.34. The third-order valence-electron chi connectivity index (χ3n) is 1.61. The van der Waals surface area contributed by atoms with Gasteiger partial charge in [0.25, 0.3) is 0 Å². The third kappa shape index (κ3) is 1.64. The van der Waals surface area contributed by atoms with Crippen LogP contribution in [0.5, 0.6) is 0 Å². The van der Waals surface area contributed by atoms with Gasteiger partial charge in [0.1, 0.15) is 0 Å². The third-order valence-corrected chi connectivity index (χ3v) is 3.60. The van der Waals surface area contributed by atoms with Crippen molar-refractivity contribution in [1.82, 2.24) is 8.96 Å². The van der Waals surface area contributed by atoms with Crippen molar-refractivity contribution in [2.45, 2.75) is 0 Å². The lowest BCUT2D eigenvalue weighted by molar-refractivity contribution is 0.588. The molecule has 0 fully saturated rings. The van der Waals surface area contributed by atoms with Gasteiger partial charge in [-0.15, -0.1) is 0 Å². The molecule has 0 unspecified atom stereocenters. The van der Waals surface area contributed by atoms with Crippen molar-refractivity contribution in [3.8, 4) is 0 Å². The highest BCUT2D eigenvalue weighted by molar-refractivity contribution is 14.2. The number of nitrogens with zero attached hydrogens (tertiary/aromatic N) is 2. The summed E-state index contributed by atoms with van der Waals surface area (Å²) in [4.78, 5) is 3.74. The number of rotatable bonds is 1. The smallest absolute Gasteiger partial charge is 0.233 e. The Morgan fingerprint density at radius 3 is 3.08 bits per heavy atom. The van der Waals surface area contributed by atoms with E-state index in [0.29, 0.717) is 5.65 Å². The second kappa shape index (κ2) is 3.62. The van der Waals surface area contributed by atoms with Crippen molar-refractivity contribution in [1.29, 1.82) is 0 Å². The molecular formula is C7H3ClFIN2S. The van der Waals surface area contributed by atoms with E-state index in [-0.39, 0.29) is 5.02 Å². The Hall–Kier alpha value is -0.0100. The van der Waals surface area contributed by atoms with Crippen molar-refractivity contribution in [3.05, 3.63) is 29.3 Å². The van der Waals surface area contributed by atoms with Crippen LogP contribution in [-0.2, 0) is 0 Å². The van der Waals surface area contributed by atoms with E-state index >= 15 is 0 Å². The lowest BCUT2D eigenvalue weighted by atomic mass is 10.3. The van der Waals surface area contributed by atoms with Gasteiger partial charge in [-0.3, -0.25) is 3.97 Å². The number of aromatic nitrogens is 2. The minimum absolute atomic E-state index is 0.0590. The van der Waals surface area contributed by atoms with Gasteiger partial charge in [-0.2, -0.15) is 9.37 Å². The molecule has 2 rings (SSSR count). The quantitative estimate of drug-likeness (QED) is 0.587. The minimum Gasteiger partial charge on any atom is -0.266 e. The maximum Gasteiger partial charge on any atom is 0.233 e. The first kappa shape index (κ1) is 9.54. The summed E-state index contributed by atoms with van der Waals surface area (Å²) in [5.74, 6) is -0.625. The number of pyridine rings is 1. The summed E-state index contributed by atoms with van der Waals surface area (Å²) >= 11 is 7.69. The van der Waals surface area contributed by atoms with Crippen LogP contribution in [0.2, 0.25) is 5.02 Å². The Morgan fingerprint density at radius 1 is 1.62 bits per heavy atom. The summed E-state index contributed by atoms with van der Waals surface area (Å²) in [6, 6.07) is 3.42. The van der Waals surface area contributed by atoms with Gasteiger partial charge in [-0.25, -0.2) is 0 Å². The fraction of sp³-hybridized carbons (Fsp3) is 0. The highest BCUT2D eigenvalue weighted by atomic mass is 127. The molecule has 0 aliphatic carbocycles. The molecule has 0 atom stereocenters. The molecule has 2 aromatic rings. The van der Waals surface area contributed by atoms with Crippen LogP contribution in [0.25, 0.3) is 11.0 Å². The van der Waals surface area contributed by atoms with Crippen molar-refractivity contribution in [3.63, 3.8) is 0 Å². The van der Waals surface area contributed by atoms with E-state index < -0.39 is 5.95 Å². The van der Waals surface area contributed by atoms with E-state index in [0.717, 1.165) is 5.39 Å². The number of hydrogen-bond donors (Lipinski definition) is 0. The fourth-order valence-electron chi connectivity index (χ4n) is 1.05. The molecule has 6 heteroatoms. The highest BCUT2D eigenvalue weighted by Crippen LogP contribution is 2.26. The molecule has 68 valence electrons. The monoisotopic (exact) mass is 328 g/mol. The lowest BCUT2D eigenvalue weighted by Gasteiger charge is -1.97. The van der Waals surface area contributed by atoms with E-state index in [4.69, 9.17) is 11.6 Å². The van der Waals surface area contributed by atoms with Crippen molar-refractivity contribution < 1.29 is 4.39 Å². The van der Waals surface area contributed by atoms with Crippen LogP contribution in [0.4, 0.5) is 4.39 Å². The van der Waals surface area contributed by atoms with Crippen LogP contribution in [0.3, 0.4) is 0 Å². The zero-order valence-corrected chi connectivity index (χ0v) is 9.90. The van der Waals surface area contributed by atoms with Gasteiger partial charge in [-0.05, 0) is 12.1 Å². The van der Waals surface area contributed by atoms with Gasteiger partial charge < -0.3 is 0 Å². The van der Waals surface area contributed by atoms with Gasteiger partial charge in [0, 0.05) is 41.9 Å². The van der Waals surface area contributed by atoms with Gasteiger partial charge >= 0.3 is 0 Å². The zero-order valence-electron chi connectivity index (χ0n) is 6.17. The van der Waals surface area contributed by atoms with Crippen LogP contribution < -0.4 is 0 Å². The van der Waals surface area contributed by atoms with Gasteiger partial charge in [0.15, 0.2) is 5.65 Å². The second-order valence-corrected chi connectivity index (χ2v) is 4.50. The summed E-state index contributed by atoms with van der Waals surface area (Å²) in [7, 11) is 1.43. The molecule has 0 amide bonds. The summed E-state index contributed by atoms with van der Waals surface area (Å²) in [6.07, 6.45) is 1.82. The fourth-order valence-corrected chi connectivity index (χ4v) is 2.48. The second-order valence-electron chi connectivity index (χ2n) is 2.38. The Bertz CT molecular complexity index is 459. The predicted octanol–water partition coefficient (Wildman–Crippen LogP) is 3.68. The van der Waals surface area contributed by atoms with E-state index in [2.05, 4.69) is 26.2 Å². The normalized spacial score (nSPS) is 11.0. The number of hydrogen-bond acceptors (Lipinski definition) is 2. The molecule has 0 saturated heterocycles. The molecule has 2 heterocycles. The average molecular weight is 329 g/mol. The molecule has 0 N–H and O–H groups in total. The van der Waals surface area contributed by atoms with Crippen LogP contribution in [0.1, 0.15) is 0 Å². The first-order valence-corrected chi connectivity index (χ1v) is 7.04. The van der Waals surface area contributed by atoms with Crippen molar-refractivity contribution in [2.75, 3.05) is 0 Å². The SMILES string of the molecule is Fc1nc2c(ccn2SI)cc1Cl. The summed E-state index contributed by atoms with van der Waals surface area (Å²) < 4.78 is 14.7. The largest absolute Gasteiger partial charge is 0.266 e. The van der Waals surface area contributed by atoms with E-state index in [1.54, 1.807) is 10.0 Å². The molecule has 13 heavy (non-hydrogen) atoms. The molecule has 0 radical (unpaired) electrons. The van der Waals surface area contributed by atoms with Gasteiger partial charge in [0.05, 0.1) is 5.02 Å². The molecule has 0 aliphatic heterocycles. The maximum absolute atomic E-state index is 13.0. The van der Waals surface area contributed by atoms with E-state index in [9.17, 15) is 4.39 Å². The highest BCUT2D eigenvalue weighted by Gasteiger charge is 2.07. The standard InChI is InChI=1S/C7H3ClFIN2S/c8-5-3-4-1-2-12(13-10)7(4)11-6(5)9/h1-3H. The Labute approximate surface area is 95.2 Å². The van der Waals surface area contributed by atoms with Crippen LogP contribution >= 0.6 is 41.9 Å². The molecular weight excluding hydrogens is 326 g/mol. The average Bonchev–Trinajstić information content (AvgIpc) is 2.48. The van der Waals surface area contributed by atoms with Crippen LogP contribution in [-0.4, -0.2) is 8.96 Å². The lowest BCUT2D eigenvalue weighted by Crippen LogP contribution is -1.88. The Balaban J connectivity index is 2.77. The zero-order chi connectivity index (χ0) is 9.42. The van der Waals surface area contributed by atoms with Gasteiger partial charge in [-0.1, -0.05) is 11.6 Å². The number of halogens is 3. The molecule has 2 nitrogen and oxygen atoms in total. The predicted molar refractivity (Wildman–Crippen MR) is 61.7 cm³/mol. The maximum atomic E-state index is 13.0. The number of fused-ring (bicyclic) bond motifs is 1. The van der Waals surface area contributed by atoms with Crippen molar-refractivity contribution >= 4 is 53.0 Å². The molecule has 2 aromatic heterocycles. The minimum atomic E-state index is -0.625. The molecule has 0 spiro atoms. The van der Waals surface area contributed by atoms with Gasteiger partial charge in [0.2, 0.25) is 5.95 Å². The van der Waals surface area contributed by atoms with Crippen LogP contribution in [0.15, 0.2) is 18.3 Å². The van der Waals surface area contributed by atoms with E-state index in [1.165, 1.54) is 9.12 Å². The van der Waals surface area contributed by atoms with E-state index in [1.807, 2.05) is 12.3 Å². The molecule has 0 aliphatic rings. The summed E-state index contributed by atoms with van der Waals surface area (Å²) in [5.41, 5.74) is 0.598.